The number of non-ortho nitro benzene ring substituents is 1. The fourth-order valence-electron chi connectivity index (χ4n) is 2.52. The summed E-state index contributed by atoms with van der Waals surface area (Å²) in [4.78, 5) is 18.2. The Morgan fingerprint density at radius 3 is 2.80 bits per heavy atom. The van der Waals surface area contributed by atoms with E-state index >= 15 is 0 Å². The highest BCUT2D eigenvalue weighted by atomic mass is 16.6. The number of hydrogen-bond acceptors (Lipinski definition) is 3. The number of nitro groups is 1. The Hall–Kier alpha value is -2.95. The second-order valence-corrected chi connectivity index (χ2v) is 4.69. The van der Waals surface area contributed by atoms with Crippen LogP contribution in [0.1, 0.15) is 0 Å². The molecule has 1 N–H and O–H groups in total. The lowest BCUT2D eigenvalue weighted by atomic mass is 10.1. The molecular formula is C15H9N3O2. The Kier molecular flexibility index (Phi) is 2.06. The van der Waals surface area contributed by atoms with Gasteiger partial charge in [-0.05, 0) is 18.2 Å². The number of nitrogens with one attached hydrogen (secondary N) is 1. The molecule has 0 saturated carbocycles. The van der Waals surface area contributed by atoms with Crippen LogP contribution in [0.2, 0.25) is 0 Å². The van der Waals surface area contributed by atoms with Gasteiger partial charge in [0.15, 0.2) is 0 Å². The number of nitro benzene ring substituents is 1. The maximum Gasteiger partial charge on any atom is 0.271 e. The molecule has 20 heavy (non-hydrogen) atoms. The van der Waals surface area contributed by atoms with E-state index in [1.807, 2.05) is 30.3 Å². The third-order valence-electron chi connectivity index (χ3n) is 3.47. The van der Waals surface area contributed by atoms with Crippen LogP contribution in [0, 0.1) is 10.1 Å². The standard InChI is InChI=1S/C15H9N3O2/c19-18(20)10-5-6-11-13(8-10)16-14-7-9-3-1-2-4-12(9)17-15(11)14/h1-8,17H. The molecule has 0 aromatic heterocycles. The number of hydrogen-bond donors (Lipinski definition) is 1. The number of aromatic nitrogens is 2. The van der Waals surface area contributed by atoms with E-state index in [0.717, 1.165) is 27.7 Å². The van der Waals surface area contributed by atoms with Gasteiger partial charge in [0, 0.05) is 28.4 Å². The van der Waals surface area contributed by atoms with E-state index < -0.39 is 4.92 Å². The average molecular weight is 263 g/mol. The van der Waals surface area contributed by atoms with E-state index in [9.17, 15) is 10.1 Å². The largest absolute Gasteiger partial charge is 0.353 e. The number of rotatable bonds is 1. The van der Waals surface area contributed by atoms with Gasteiger partial charge in [0.05, 0.1) is 21.8 Å². The van der Waals surface area contributed by atoms with E-state index in [1.165, 1.54) is 12.1 Å². The topological polar surface area (TPSA) is 71.8 Å². The van der Waals surface area contributed by atoms with Gasteiger partial charge in [-0.3, -0.25) is 10.1 Å². The lowest BCUT2D eigenvalue weighted by molar-refractivity contribution is -0.384. The second-order valence-electron chi connectivity index (χ2n) is 4.69. The Morgan fingerprint density at radius 1 is 1.10 bits per heavy atom. The highest BCUT2D eigenvalue weighted by Crippen LogP contribution is 2.33. The number of H-pyrrole nitrogens is 1. The molecule has 4 rings (SSSR count). The summed E-state index contributed by atoms with van der Waals surface area (Å²) in [5.41, 5.74) is 3.45. The van der Waals surface area contributed by atoms with Gasteiger partial charge in [-0.25, -0.2) is 4.98 Å². The zero-order chi connectivity index (χ0) is 13.7. The fraction of sp³-hybridized carbons (Fsp3) is 0. The smallest absolute Gasteiger partial charge is 0.271 e. The number of nitrogens with zero attached hydrogens (tertiary/aromatic N) is 2. The van der Waals surface area contributed by atoms with Crippen LogP contribution in [0.25, 0.3) is 33.2 Å². The van der Waals surface area contributed by atoms with Gasteiger partial charge in [-0.15, -0.1) is 0 Å². The maximum absolute atomic E-state index is 10.8. The van der Waals surface area contributed by atoms with Crippen LogP contribution in [0.3, 0.4) is 0 Å². The monoisotopic (exact) mass is 263 g/mol. The van der Waals surface area contributed by atoms with Crippen LogP contribution in [0.5, 0.6) is 0 Å². The van der Waals surface area contributed by atoms with Crippen LogP contribution in [-0.4, -0.2) is 14.9 Å². The highest BCUT2D eigenvalue weighted by Gasteiger charge is 2.16. The minimum Gasteiger partial charge on any atom is -0.353 e. The van der Waals surface area contributed by atoms with Crippen molar-refractivity contribution in [1.29, 1.82) is 0 Å². The van der Waals surface area contributed by atoms with Crippen molar-refractivity contribution in [2.24, 2.45) is 0 Å². The van der Waals surface area contributed by atoms with E-state index in [0.29, 0.717) is 5.52 Å². The third-order valence-corrected chi connectivity index (χ3v) is 3.47. The Bertz CT molecular complexity index is 942. The average Bonchev–Trinajstić information content (AvgIpc) is 2.81. The maximum atomic E-state index is 10.8. The van der Waals surface area contributed by atoms with Gasteiger partial charge in [-0.2, -0.15) is 0 Å². The summed E-state index contributed by atoms with van der Waals surface area (Å²) in [6.45, 7) is 0. The van der Waals surface area contributed by atoms with Crippen LogP contribution in [0.15, 0.2) is 48.5 Å². The second kappa shape index (κ2) is 3.77. The molecule has 0 spiro atoms. The normalized spacial score (nSPS) is 11.4. The third kappa shape index (κ3) is 1.46. The predicted molar refractivity (Wildman–Crippen MR) is 76.9 cm³/mol. The minimum absolute atomic E-state index is 0.0601. The van der Waals surface area contributed by atoms with Crippen LogP contribution >= 0.6 is 0 Å². The van der Waals surface area contributed by atoms with E-state index in [-0.39, 0.29) is 5.69 Å². The van der Waals surface area contributed by atoms with Crippen molar-refractivity contribution in [3.63, 3.8) is 0 Å². The van der Waals surface area contributed by atoms with Crippen molar-refractivity contribution in [3.05, 3.63) is 58.6 Å². The number of fused-ring (bicyclic) bond motifs is 4. The lowest BCUT2D eigenvalue weighted by Crippen LogP contribution is -1.86. The highest BCUT2D eigenvalue weighted by molar-refractivity contribution is 6.00. The molecule has 0 saturated heterocycles. The molecule has 96 valence electrons. The zero-order valence-electron chi connectivity index (χ0n) is 10.3. The summed E-state index contributed by atoms with van der Waals surface area (Å²) in [5.74, 6) is 0. The molecule has 0 bridgehead atoms. The molecule has 5 heteroatoms. The number of para-hydroxylation sites is 1. The van der Waals surface area contributed by atoms with Gasteiger partial charge in [0.1, 0.15) is 0 Å². The Labute approximate surface area is 113 Å². The van der Waals surface area contributed by atoms with E-state index in [1.54, 1.807) is 6.07 Å². The van der Waals surface area contributed by atoms with Crippen LogP contribution in [-0.2, 0) is 0 Å². The molecule has 0 aliphatic carbocycles. The van der Waals surface area contributed by atoms with Crippen molar-refractivity contribution in [3.8, 4) is 11.4 Å². The van der Waals surface area contributed by atoms with Crippen LogP contribution < -0.4 is 0 Å². The molecule has 0 radical (unpaired) electrons. The zero-order valence-corrected chi connectivity index (χ0v) is 10.3. The van der Waals surface area contributed by atoms with E-state index in [4.69, 9.17) is 0 Å². The first kappa shape index (κ1) is 10.9. The summed E-state index contributed by atoms with van der Waals surface area (Å²) in [6, 6.07) is 14.7. The first-order chi connectivity index (χ1) is 9.72. The molecule has 2 heterocycles. The first-order valence-corrected chi connectivity index (χ1v) is 6.18. The Morgan fingerprint density at radius 2 is 1.95 bits per heavy atom. The molecule has 2 aliphatic rings. The molecule has 0 fully saturated rings. The lowest BCUT2D eigenvalue weighted by Gasteiger charge is -2.03. The molecule has 0 atom stereocenters. The summed E-state index contributed by atoms with van der Waals surface area (Å²) >= 11 is 0. The van der Waals surface area contributed by atoms with Gasteiger partial charge in [-0.1, -0.05) is 18.2 Å². The number of pyridine rings is 1. The van der Waals surface area contributed by atoms with Crippen molar-refractivity contribution in [2.75, 3.05) is 0 Å². The predicted octanol–water partition coefficient (Wildman–Crippen LogP) is 3.73. The van der Waals surface area contributed by atoms with Crippen molar-refractivity contribution >= 4 is 27.5 Å². The number of benzene rings is 2. The summed E-state index contributed by atoms with van der Waals surface area (Å²) in [7, 11) is 0. The van der Waals surface area contributed by atoms with Gasteiger partial charge in [0.2, 0.25) is 0 Å². The molecule has 0 unspecified atom stereocenters. The summed E-state index contributed by atoms with van der Waals surface area (Å²) in [6.07, 6.45) is 0. The Balaban J connectivity index is 2.10. The van der Waals surface area contributed by atoms with E-state index in [2.05, 4.69) is 9.97 Å². The van der Waals surface area contributed by atoms with Gasteiger partial charge >= 0.3 is 0 Å². The molecule has 2 aliphatic heterocycles. The van der Waals surface area contributed by atoms with Crippen molar-refractivity contribution < 1.29 is 4.92 Å². The molecular weight excluding hydrogens is 254 g/mol. The van der Waals surface area contributed by atoms with Crippen molar-refractivity contribution in [2.45, 2.75) is 0 Å². The van der Waals surface area contributed by atoms with Gasteiger partial charge < -0.3 is 4.98 Å². The number of aromatic amines is 1. The summed E-state index contributed by atoms with van der Waals surface area (Å²) < 4.78 is 0. The molecule has 0 amide bonds. The summed E-state index contributed by atoms with van der Waals surface area (Å²) in [5, 5.41) is 12.8. The first-order valence-electron chi connectivity index (χ1n) is 6.18. The fourth-order valence-corrected chi connectivity index (χ4v) is 2.52. The van der Waals surface area contributed by atoms with Gasteiger partial charge in [0.25, 0.3) is 5.69 Å². The minimum atomic E-state index is -0.404. The SMILES string of the molecule is O=[N+]([O-])c1ccc2c3[nH]c4ccccc4cc-3nc2c1. The molecule has 2 aromatic carbocycles. The molecule has 2 aromatic rings. The van der Waals surface area contributed by atoms with Crippen LogP contribution in [0.4, 0.5) is 5.69 Å². The van der Waals surface area contributed by atoms with Crippen molar-refractivity contribution in [1.82, 2.24) is 9.97 Å². The molecule has 5 nitrogen and oxygen atoms in total. The quantitative estimate of drug-likeness (QED) is 0.420.